The zero-order valence-corrected chi connectivity index (χ0v) is 12.3. The van der Waals surface area contributed by atoms with Crippen molar-refractivity contribution in [1.29, 1.82) is 0 Å². The van der Waals surface area contributed by atoms with Crippen molar-refractivity contribution in [3.63, 3.8) is 0 Å². The van der Waals surface area contributed by atoms with E-state index in [1.54, 1.807) is 5.38 Å². The third-order valence-corrected chi connectivity index (χ3v) is 4.06. The van der Waals surface area contributed by atoms with Crippen LogP contribution in [0.15, 0.2) is 35.7 Å². The van der Waals surface area contributed by atoms with Crippen LogP contribution < -0.4 is 11.1 Å². The summed E-state index contributed by atoms with van der Waals surface area (Å²) in [7, 11) is 0. The summed E-state index contributed by atoms with van der Waals surface area (Å²) in [6.07, 6.45) is 0.906. The lowest BCUT2D eigenvalue weighted by atomic mass is 9.98. The topological polar surface area (TPSA) is 68.0 Å². The van der Waals surface area contributed by atoms with Crippen molar-refractivity contribution in [2.75, 3.05) is 6.54 Å². The van der Waals surface area contributed by atoms with Gasteiger partial charge < -0.3 is 11.1 Å². The van der Waals surface area contributed by atoms with Crippen LogP contribution in [0.2, 0.25) is 0 Å². The molecule has 0 bridgehead atoms. The van der Waals surface area contributed by atoms with E-state index in [1.165, 1.54) is 16.9 Å². The van der Waals surface area contributed by atoms with Gasteiger partial charge in [0.05, 0.1) is 0 Å². The molecular weight excluding hydrogens is 270 g/mol. The third kappa shape index (κ3) is 3.88. The highest BCUT2D eigenvalue weighted by Crippen LogP contribution is 2.17. The van der Waals surface area contributed by atoms with Crippen molar-refractivity contribution in [2.24, 2.45) is 5.73 Å². The first kappa shape index (κ1) is 14.7. The Morgan fingerprint density at radius 3 is 2.80 bits per heavy atom. The molecule has 3 N–H and O–H groups in total. The van der Waals surface area contributed by atoms with Gasteiger partial charge in [-0.2, -0.15) is 0 Å². The molecule has 1 aromatic carbocycles. The van der Waals surface area contributed by atoms with Crippen LogP contribution in [-0.4, -0.2) is 17.4 Å². The summed E-state index contributed by atoms with van der Waals surface area (Å²) in [6, 6.07) is 10.3. The Morgan fingerprint density at radius 2 is 2.15 bits per heavy atom. The van der Waals surface area contributed by atoms with Crippen molar-refractivity contribution < 1.29 is 4.79 Å². The number of hydrogen-bond donors (Lipinski definition) is 2. The maximum Gasteiger partial charge on any atom is 0.270 e. The second-order valence-electron chi connectivity index (χ2n) is 4.69. The third-order valence-electron chi connectivity index (χ3n) is 3.19. The lowest BCUT2D eigenvalue weighted by Gasteiger charge is -2.11. The van der Waals surface area contributed by atoms with E-state index in [9.17, 15) is 4.79 Å². The number of carbonyl (C=O) groups is 1. The van der Waals surface area contributed by atoms with Crippen LogP contribution in [0.3, 0.4) is 0 Å². The van der Waals surface area contributed by atoms with Gasteiger partial charge in [0, 0.05) is 18.5 Å². The average molecular weight is 289 g/mol. The Balaban J connectivity index is 1.79. The number of aromatic nitrogens is 1. The monoisotopic (exact) mass is 289 g/mol. The number of rotatable bonds is 6. The molecule has 0 aliphatic heterocycles. The van der Waals surface area contributed by atoms with Gasteiger partial charge in [0.25, 0.3) is 5.91 Å². The molecule has 5 heteroatoms. The molecule has 0 aliphatic carbocycles. The normalized spacial score (nSPS) is 12.1. The second-order valence-corrected chi connectivity index (χ2v) is 5.63. The molecule has 2 rings (SSSR count). The molecule has 0 spiro atoms. The summed E-state index contributed by atoms with van der Waals surface area (Å²) in [6.45, 7) is 3.18. The highest BCUT2D eigenvalue weighted by Gasteiger charge is 2.10. The van der Waals surface area contributed by atoms with E-state index in [0.29, 0.717) is 24.7 Å². The van der Waals surface area contributed by atoms with E-state index in [-0.39, 0.29) is 5.91 Å². The predicted molar refractivity (Wildman–Crippen MR) is 81.8 cm³/mol. The number of nitrogens with one attached hydrogen (secondary N) is 1. The van der Waals surface area contributed by atoms with Crippen molar-refractivity contribution >= 4 is 17.2 Å². The fraction of sp³-hybridized carbons (Fsp3) is 0.333. The van der Waals surface area contributed by atoms with E-state index < -0.39 is 0 Å². The van der Waals surface area contributed by atoms with Gasteiger partial charge in [0.1, 0.15) is 10.7 Å². The molecule has 1 unspecified atom stereocenters. The van der Waals surface area contributed by atoms with E-state index in [2.05, 4.69) is 29.4 Å². The molecule has 0 fully saturated rings. The largest absolute Gasteiger partial charge is 0.351 e. The summed E-state index contributed by atoms with van der Waals surface area (Å²) >= 11 is 1.42. The van der Waals surface area contributed by atoms with Crippen LogP contribution in [0.1, 0.15) is 40.3 Å². The van der Waals surface area contributed by atoms with Gasteiger partial charge in [-0.15, -0.1) is 11.3 Å². The van der Waals surface area contributed by atoms with Gasteiger partial charge >= 0.3 is 0 Å². The Labute approximate surface area is 123 Å². The molecule has 0 saturated carbocycles. The minimum absolute atomic E-state index is 0.124. The van der Waals surface area contributed by atoms with Crippen LogP contribution >= 0.6 is 11.3 Å². The fourth-order valence-electron chi connectivity index (χ4n) is 1.95. The first-order chi connectivity index (χ1) is 9.70. The number of thiazole rings is 1. The highest BCUT2D eigenvalue weighted by atomic mass is 32.1. The fourth-order valence-corrected chi connectivity index (χ4v) is 2.60. The quantitative estimate of drug-likeness (QED) is 0.858. The molecule has 0 radical (unpaired) electrons. The van der Waals surface area contributed by atoms with E-state index >= 15 is 0 Å². The molecule has 1 aromatic heterocycles. The van der Waals surface area contributed by atoms with Crippen molar-refractivity contribution in [1.82, 2.24) is 10.3 Å². The maximum atomic E-state index is 11.9. The molecule has 1 heterocycles. The van der Waals surface area contributed by atoms with E-state index in [0.717, 1.165) is 11.4 Å². The number of benzene rings is 1. The molecule has 106 valence electrons. The predicted octanol–water partition coefficient (Wildman–Crippen LogP) is 2.53. The van der Waals surface area contributed by atoms with Gasteiger partial charge in [-0.3, -0.25) is 4.79 Å². The Morgan fingerprint density at radius 1 is 1.40 bits per heavy atom. The van der Waals surface area contributed by atoms with Crippen LogP contribution in [0.25, 0.3) is 0 Å². The molecule has 4 nitrogen and oxygen atoms in total. The number of amides is 1. The van der Waals surface area contributed by atoms with Gasteiger partial charge in [-0.05, 0) is 17.9 Å². The minimum Gasteiger partial charge on any atom is -0.351 e. The SMILES string of the molecule is CC(CCNC(=O)c1csc(CN)n1)c1ccccc1. The van der Waals surface area contributed by atoms with Crippen LogP contribution in [0.5, 0.6) is 0 Å². The van der Waals surface area contributed by atoms with Crippen LogP contribution in [0.4, 0.5) is 0 Å². The average Bonchev–Trinajstić information content (AvgIpc) is 2.97. The Hall–Kier alpha value is -1.72. The zero-order chi connectivity index (χ0) is 14.4. The summed E-state index contributed by atoms with van der Waals surface area (Å²) in [5, 5.41) is 5.43. The summed E-state index contributed by atoms with van der Waals surface area (Å²) < 4.78 is 0. The van der Waals surface area contributed by atoms with Crippen molar-refractivity contribution in [3.8, 4) is 0 Å². The lowest BCUT2D eigenvalue weighted by Crippen LogP contribution is -2.25. The number of nitrogens with two attached hydrogens (primary N) is 1. The van der Waals surface area contributed by atoms with Gasteiger partial charge in [-0.25, -0.2) is 4.98 Å². The second kappa shape index (κ2) is 7.17. The first-order valence-corrected chi connectivity index (χ1v) is 7.56. The Kier molecular flexibility index (Phi) is 5.26. The van der Waals surface area contributed by atoms with Crippen LogP contribution in [0, 0.1) is 0 Å². The van der Waals surface area contributed by atoms with Gasteiger partial charge in [0.15, 0.2) is 0 Å². The van der Waals surface area contributed by atoms with Gasteiger partial charge in [0.2, 0.25) is 0 Å². The molecule has 0 saturated heterocycles. The standard InChI is InChI=1S/C15H19N3OS/c1-11(12-5-3-2-4-6-12)7-8-17-15(19)13-10-20-14(9-16)18-13/h2-6,10-11H,7-9,16H2,1H3,(H,17,19). The summed E-state index contributed by atoms with van der Waals surface area (Å²) in [4.78, 5) is 16.1. The molecule has 20 heavy (non-hydrogen) atoms. The molecule has 1 atom stereocenters. The zero-order valence-electron chi connectivity index (χ0n) is 11.5. The minimum atomic E-state index is -0.124. The summed E-state index contributed by atoms with van der Waals surface area (Å²) in [5.41, 5.74) is 7.24. The first-order valence-electron chi connectivity index (χ1n) is 6.68. The molecular formula is C15H19N3OS. The molecule has 2 aromatic rings. The highest BCUT2D eigenvalue weighted by molar-refractivity contribution is 7.09. The molecule has 1 amide bonds. The number of carbonyl (C=O) groups excluding carboxylic acids is 1. The Bertz CT molecular complexity index is 553. The smallest absolute Gasteiger partial charge is 0.270 e. The van der Waals surface area contributed by atoms with Crippen molar-refractivity contribution in [3.05, 3.63) is 52.0 Å². The van der Waals surface area contributed by atoms with Crippen molar-refractivity contribution in [2.45, 2.75) is 25.8 Å². The maximum absolute atomic E-state index is 11.9. The molecule has 0 aliphatic rings. The lowest BCUT2D eigenvalue weighted by molar-refractivity contribution is 0.0948. The van der Waals surface area contributed by atoms with Gasteiger partial charge in [-0.1, -0.05) is 37.3 Å². The summed E-state index contributed by atoms with van der Waals surface area (Å²) in [5.74, 6) is 0.299. The van der Waals surface area contributed by atoms with E-state index in [4.69, 9.17) is 5.73 Å². The van der Waals surface area contributed by atoms with E-state index in [1.807, 2.05) is 18.2 Å². The van der Waals surface area contributed by atoms with Crippen LogP contribution in [-0.2, 0) is 6.54 Å². The number of nitrogens with zero attached hydrogens (tertiary/aromatic N) is 1. The number of hydrogen-bond acceptors (Lipinski definition) is 4.